The van der Waals surface area contributed by atoms with E-state index in [0.717, 1.165) is 5.56 Å². The van der Waals surface area contributed by atoms with Crippen molar-refractivity contribution in [2.45, 2.75) is 19.9 Å². The first-order valence-corrected chi connectivity index (χ1v) is 8.96. The summed E-state index contributed by atoms with van der Waals surface area (Å²) in [7, 11) is 0. The molecule has 1 saturated heterocycles. The molecule has 2 atom stereocenters. The average molecular weight is 369 g/mol. The third-order valence-electron chi connectivity index (χ3n) is 4.75. The molecule has 1 aliphatic heterocycles. The van der Waals surface area contributed by atoms with E-state index in [1.165, 1.54) is 9.47 Å². The van der Waals surface area contributed by atoms with E-state index >= 15 is 0 Å². The highest BCUT2D eigenvalue weighted by atomic mass is 16.4. The fourth-order valence-corrected chi connectivity index (χ4v) is 3.43. The molecule has 7 heteroatoms. The lowest BCUT2D eigenvalue weighted by Gasteiger charge is -2.34. The Hall–Kier alpha value is -3.09. The number of benzene rings is 1. The van der Waals surface area contributed by atoms with Gasteiger partial charge in [-0.15, -0.1) is 0 Å². The second kappa shape index (κ2) is 8.07. The highest BCUT2D eigenvalue weighted by Crippen LogP contribution is 2.22. The van der Waals surface area contributed by atoms with Crippen molar-refractivity contribution in [3.63, 3.8) is 0 Å². The first-order chi connectivity index (χ1) is 12.9. The first-order valence-electron chi connectivity index (χ1n) is 8.96. The van der Waals surface area contributed by atoms with Crippen molar-refractivity contribution in [1.29, 1.82) is 0 Å². The van der Waals surface area contributed by atoms with Gasteiger partial charge in [-0.1, -0.05) is 37.3 Å². The van der Waals surface area contributed by atoms with Crippen LogP contribution < -0.4 is 10.9 Å². The van der Waals surface area contributed by atoms with E-state index < -0.39 is 17.9 Å². The molecule has 1 aromatic heterocycles. The number of amides is 2. The fraction of sp³-hybridized carbons (Fsp3) is 0.350. The van der Waals surface area contributed by atoms with Gasteiger partial charge in [0.25, 0.3) is 5.56 Å². The molecule has 1 aliphatic rings. The van der Waals surface area contributed by atoms with Crippen LogP contribution in [0.3, 0.4) is 0 Å². The summed E-state index contributed by atoms with van der Waals surface area (Å²) in [5.74, 6) is -1.38. The maximum Gasteiger partial charge on any atom is 0.322 e. The van der Waals surface area contributed by atoms with Crippen LogP contribution in [-0.4, -0.2) is 39.7 Å². The largest absolute Gasteiger partial charge is 0.481 e. The van der Waals surface area contributed by atoms with Crippen molar-refractivity contribution in [3.05, 3.63) is 64.6 Å². The molecule has 0 radical (unpaired) electrons. The molecule has 0 saturated carbocycles. The molecular formula is C20H23N3O4. The summed E-state index contributed by atoms with van der Waals surface area (Å²) < 4.78 is 1.53. The third kappa shape index (κ3) is 4.55. The predicted molar refractivity (Wildman–Crippen MR) is 102 cm³/mol. The predicted octanol–water partition coefficient (Wildman–Crippen LogP) is 2.47. The van der Waals surface area contributed by atoms with Crippen LogP contribution in [-0.2, 0) is 11.3 Å². The number of urea groups is 1. The monoisotopic (exact) mass is 369 g/mol. The molecule has 0 spiro atoms. The Labute approximate surface area is 157 Å². The minimum atomic E-state index is -0.899. The molecule has 1 fully saturated rings. The number of anilines is 1. The van der Waals surface area contributed by atoms with Crippen molar-refractivity contribution in [1.82, 2.24) is 9.47 Å². The lowest BCUT2D eigenvalue weighted by atomic mass is 9.91. The van der Waals surface area contributed by atoms with E-state index in [-0.39, 0.29) is 23.7 Å². The zero-order valence-corrected chi connectivity index (χ0v) is 15.2. The Morgan fingerprint density at radius 2 is 1.89 bits per heavy atom. The number of pyridine rings is 1. The molecule has 3 rings (SSSR count). The number of nitrogens with zero attached hydrogens (tertiary/aromatic N) is 2. The summed E-state index contributed by atoms with van der Waals surface area (Å²) in [6.07, 6.45) is 2.22. The minimum Gasteiger partial charge on any atom is -0.481 e. The maximum absolute atomic E-state index is 12.7. The van der Waals surface area contributed by atoms with Crippen LogP contribution in [0.25, 0.3) is 0 Å². The molecule has 1 aromatic carbocycles. The maximum atomic E-state index is 12.7. The Morgan fingerprint density at radius 1 is 1.15 bits per heavy atom. The summed E-state index contributed by atoms with van der Waals surface area (Å²) in [5, 5.41) is 11.9. The summed E-state index contributed by atoms with van der Waals surface area (Å²) >= 11 is 0. The number of aliphatic carboxylic acids is 1. The van der Waals surface area contributed by atoms with Crippen LogP contribution in [0.5, 0.6) is 0 Å². The minimum absolute atomic E-state index is 0.0936. The number of piperidine rings is 1. The summed E-state index contributed by atoms with van der Waals surface area (Å²) in [6.45, 7) is 2.95. The number of carbonyl (C=O) groups is 2. The lowest BCUT2D eigenvalue weighted by Crippen LogP contribution is -2.47. The zero-order valence-electron chi connectivity index (χ0n) is 15.2. The van der Waals surface area contributed by atoms with Crippen molar-refractivity contribution in [2.24, 2.45) is 11.8 Å². The number of aromatic nitrogens is 1. The molecular weight excluding hydrogens is 346 g/mol. The number of carbonyl (C=O) groups excluding carboxylic acids is 1. The van der Waals surface area contributed by atoms with Crippen LogP contribution >= 0.6 is 0 Å². The van der Waals surface area contributed by atoms with Gasteiger partial charge in [-0.3, -0.25) is 9.59 Å². The topological polar surface area (TPSA) is 91.6 Å². The Kier molecular flexibility index (Phi) is 5.59. The second-order valence-corrected chi connectivity index (χ2v) is 7.05. The van der Waals surface area contributed by atoms with Gasteiger partial charge in [0.05, 0.1) is 12.5 Å². The summed E-state index contributed by atoms with van der Waals surface area (Å²) in [6, 6.07) is 12.4. The molecule has 2 aromatic rings. The standard InChI is InChI=1S/C20H23N3O4/c1-14-10-16(19(25)26)13-23(11-14)20(27)21-17-8-5-9-22(18(17)24)12-15-6-3-2-4-7-15/h2-9,14,16H,10-13H2,1H3,(H,21,27)(H,25,26). The molecule has 2 heterocycles. The van der Waals surface area contributed by atoms with Crippen molar-refractivity contribution >= 4 is 17.7 Å². The summed E-state index contributed by atoms with van der Waals surface area (Å²) in [5.41, 5.74) is 0.871. The third-order valence-corrected chi connectivity index (χ3v) is 4.75. The van der Waals surface area contributed by atoms with Crippen LogP contribution in [0.15, 0.2) is 53.5 Å². The van der Waals surface area contributed by atoms with E-state index in [1.807, 2.05) is 37.3 Å². The van der Waals surface area contributed by atoms with Crippen molar-refractivity contribution < 1.29 is 14.7 Å². The molecule has 2 amide bonds. The van der Waals surface area contributed by atoms with Crippen molar-refractivity contribution in [2.75, 3.05) is 18.4 Å². The number of carboxylic acids is 1. The smallest absolute Gasteiger partial charge is 0.322 e. The van der Waals surface area contributed by atoms with Gasteiger partial charge in [0.2, 0.25) is 0 Å². The highest BCUT2D eigenvalue weighted by molar-refractivity contribution is 5.89. The van der Waals surface area contributed by atoms with Crippen LogP contribution in [0.4, 0.5) is 10.5 Å². The van der Waals surface area contributed by atoms with E-state index in [1.54, 1.807) is 18.3 Å². The number of carboxylic acid groups (broad SMARTS) is 1. The first kappa shape index (κ1) is 18.7. The Bertz CT molecular complexity index is 878. The van der Waals surface area contributed by atoms with Gasteiger partial charge >= 0.3 is 12.0 Å². The lowest BCUT2D eigenvalue weighted by molar-refractivity contribution is -0.143. The van der Waals surface area contributed by atoms with E-state index in [0.29, 0.717) is 19.5 Å². The number of hydrogen-bond donors (Lipinski definition) is 2. The molecule has 142 valence electrons. The Morgan fingerprint density at radius 3 is 2.59 bits per heavy atom. The number of likely N-dealkylation sites (tertiary alicyclic amines) is 1. The van der Waals surface area contributed by atoms with Gasteiger partial charge in [0, 0.05) is 19.3 Å². The quantitative estimate of drug-likeness (QED) is 0.866. The highest BCUT2D eigenvalue weighted by Gasteiger charge is 2.32. The zero-order chi connectivity index (χ0) is 19.4. The van der Waals surface area contributed by atoms with Gasteiger partial charge in [-0.25, -0.2) is 4.79 Å². The molecule has 7 nitrogen and oxygen atoms in total. The number of nitrogens with one attached hydrogen (secondary N) is 1. The molecule has 27 heavy (non-hydrogen) atoms. The number of hydrogen-bond acceptors (Lipinski definition) is 3. The van der Waals surface area contributed by atoms with Gasteiger partial charge in [0.1, 0.15) is 5.69 Å². The van der Waals surface area contributed by atoms with Crippen molar-refractivity contribution in [3.8, 4) is 0 Å². The molecule has 0 bridgehead atoms. The Balaban J connectivity index is 1.73. The fourth-order valence-electron chi connectivity index (χ4n) is 3.43. The SMILES string of the molecule is CC1CC(C(=O)O)CN(C(=O)Nc2cccn(Cc3ccccc3)c2=O)C1. The average Bonchev–Trinajstić information content (AvgIpc) is 2.65. The van der Waals surface area contributed by atoms with E-state index in [2.05, 4.69) is 5.32 Å². The van der Waals surface area contributed by atoms with Crippen LogP contribution in [0, 0.1) is 11.8 Å². The second-order valence-electron chi connectivity index (χ2n) is 7.05. The molecule has 2 unspecified atom stereocenters. The number of rotatable bonds is 4. The van der Waals surface area contributed by atoms with Gasteiger partial charge < -0.3 is 19.9 Å². The normalized spacial score (nSPS) is 19.5. The van der Waals surface area contributed by atoms with Gasteiger partial charge in [-0.05, 0) is 30.0 Å². The van der Waals surface area contributed by atoms with Crippen LogP contribution in [0.1, 0.15) is 18.9 Å². The van der Waals surface area contributed by atoms with E-state index in [9.17, 15) is 19.5 Å². The van der Waals surface area contributed by atoms with E-state index in [4.69, 9.17) is 0 Å². The van der Waals surface area contributed by atoms with Crippen LogP contribution in [0.2, 0.25) is 0 Å². The van der Waals surface area contributed by atoms with Gasteiger partial charge in [0.15, 0.2) is 0 Å². The molecule has 2 N–H and O–H groups in total. The summed E-state index contributed by atoms with van der Waals surface area (Å²) in [4.78, 5) is 38.0. The molecule has 0 aliphatic carbocycles. The van der Waals surface area contributed by atoms with Gasteiger partial charge in [-0.2, -0.15) is 0 Å².